The third-order valence-electron chi connectivity index (χ3n) is 3.68. The summed E-state index contributed by atoms with van der Waals surface area (Å²) >= 11 is 3.40. The number of aliphatic hydroxyl groups is 1. The van der Waals surface area contributed by atoms with Crippen molar-refractivity contribution in [3.8, 4) is 0 Å². The Bertz CT molecular complexity index is 281. The van der Waals surface area contributed by atoms with Gasteiger partial charge in [0.2, 0.25) is 0 Å². The molecular formula is C12H23BrO2Si. The van der Waals surface area contributed by atoms with Crippen LogP contribution in [0.15, 0.2) is 10.6 Å². The van der Waals surface area contributed by atoms with Crippen LogP contribution < -0.4 is 0 Å². The number of halogens is 1. The first-order valence-corrected chi connectivity index (χ1v) is 9.57. The lowest BCUT2D eigenvalue weighted by Gasteiger charge is -2.41. The van der Waals surface area contributed by atoms with E-state index < -0.39 is 14.4 Å². The number of rotatable bonds is 2. The van der Waals surface area contributed by atoms with Crippen molar-refractivity contribution in [1.29, 1.82) is 0 Å². The van der Waals surface area contributed by atoms with E-state index in [9.17, 15) is 5.11 Å². The molecule has 0 spiro atoms. The van der Waals surface area contributed by atoms with E-state index in [1.54, 1.807) is 0 Å². The molecule has 0 amide bonds. The normalized spacial score (nSPS) is 27.8. The molecule has 0 heterocycles. The van der Waals surface area contributed by atoms with Crippen LogP contribution in [-0.2, 0) is 4.43 Å². The molecule has 0 saturated heterocycles. The van der Waals surface area contributed by atoms with E-state index in [1.807, 2.05) is 6.08 Å². The molecule has 0 aromatic carbocycles. The Balaban J connectivity index is 2.72. The van der Waals surface area contributed by atoms with Crippen molar-refractivity contribution < 1.29 is 9.53 Å². The highest BCUT2D eigenvalue weighted by Crippen LogP contribution is 2.39. The minimum absolute atomic E-state index is 0.0414. The molecule has 1 aliphatic rings. The van der Waals surface area contributed by atoms with Crippen LogP contribution in [0.5, 0.6) is 0 Å². The van der Waals surface area contributed by atoms with Crippen LogP contribution in [-0.4, -0.2) is 25.6 Å². The molecule has 0 aromatic rings. The Labute approximate surface area is 108 Å². The van der Waals surface area contributed by atoms with E-state index >= 15 is 0 Å². The van der Waals surface area contributed by atoms with E-state index in [0.29, 0.717) is 0 Å². The van der Waals surface area contributed by atoms with Crippen LogP contribution in [0.2, 0.25) is 18.1 Å². The van der Waals surface area contributed by atoms with Crippen molar-refractivity contribution in [2.24, 2.45) is 0 Å². The van der Waals surface area contributed by atoms with E-state index in [-0.39, 0.29) is 11.1 Å². The van der Waals surface area contributed by atoms with Crippen molar-refractivity contribution in [3.05, 3.63) is 10.6 Å². The molecule has 0 radical (unpaired) electrons. The molecule has 2 nitrogen and oxygen atoms in total. The quantitative estimate of drug-likeness (QED) is 0.786. The summed E-state index contributed by atoms with van der Waals surface area (Å²) in [7, 11) is -1.77. The summed E-state index contributed by atoms with van der Waals surface area (Å²) in [5.41, 5.74) is 0. The Morgan fingerprint density at radius 2 is 2.00 bits per heavy atom. The Hall–Kier alpha value is 0.357. The van der Waals surface area contributed by atoms with Gasteiger partial charge in [-0.3, -0.25) is 0 Å². The van der Waals surface area contributed by atoms with Gasteiger partial charge in [-0.1, -0.05) is 42.8 Å². The first-order chi connectivity index (χ1) is 7.15. The fraction of sp³-hybridized carbons (Fsp3) is 0.833. The second-order valence-corrected chi connectivity index (χ2v) is 11.7. The molecule has 0 aromatic heterocycles. The molecular weight excluding hydrogens is 284 g/mol. The van der Waals surface area contributed by atoms with Crippen molar-refractivity contribution in [2.45, 2.75) is 64.0 Å². The molecule has 0 fully saturated rings. The third-order valence-corrected chi connectivity index (χ3v) is 8.97. The average Bonchev–Trinajstić information content (AvgIpc) is 2.11. The average molecular weight is 307 g/mol. The van der Waals surface area contributed by atoms with Gasteiger partial charge in [0, 0.05) is 4.48 Å². The molecule has 1 aliphatic carbocycles. The summed E-state index contributed by atoms with van der Waals surface area (Å²) in [6.07, 6.45) is 3.42. The lowest BCUT2D eigenvalue weighted by molar-refractivity contribution is 0.0450. The van der Waals surface area contributed by atoms with Gasteiger partial charge in [-0.2, -0.15) is 0 Å². The molecule has 0 saturated carbocycles. The lowest BCUT2D eigenvalue weighted by Crippen LogP contribution is -2.47. The predicted octanol–water partition coefficient (Wildman–Crippen LogP) is 3.81. The standard InChI is InChI=1S/C12H23BrO2Si/c1-12(2,3)16(4,5)15-10-8-6-7-9(13)11(10)14/h7,10-11,14H,6,8H2,1-5H3/t10-,11+/m0/s1. The van der Waals surface area contributed by atoms with Gasteiger partial charge in [-0.25, -0.2) is 0 Å². The van der Waals surface area contributed by atoms with E-state index in [4.69, 9.17) is 4.43 Å². The maximum absolute atomic E-state index is 10.0. The van der Waals surface area contributed by atoms with Gasteiger partial charge >= 0.3 is 0 Å². The zero-order valence-electron chi connectivity index (χ0n) is 10.9. The monoisotopic (exact) mass is 306 g/mol. The van der Waals surface area contributed by atoms with Gasteiger partial charge in [-0.05, 0) is 31.0 Å². The number of allylic oxidation sites excluding steroid dienone is 1. The zero-order valence-corrected chi connectivity index (χ0v) is 13.5. The third kappa shape index (κ3) is 3.19. The number of aliphatic hydroxyl groups excluding tert-OH is 1. The highest BCUT2D eigenvalue weighted by atomic mass is 79.9. The molecule has 94 valence electrons. The van der Waals surface area contributed by atoms with Gasteiger partial charge in [-0.15, -0.1) is 0 Å². The number of hydrogen-bond acceptors (Lipinski definition) is 2. The first kappa shape index (κ1) is 14.4. The minimum Gasteiger partial charge on any atom is -0.411 e. The van der Waals surface area contributed by atoms with Gasteiger partial charge < -0.3 is 9.53 Å². The zero-order chi connectivity index (χ0) is 12.6. The van der Waals surface area contributed by atoms with E-state index in [1.165, 1.54) is 0 Å². The van der Waals surface area contributed by atoms with Crippen molar-refractivity contribution in [1.82, 2.24) is 0 Å². The highest BCUT2D eigenvalue weighted by molar-refractivity contribution is 9.11. The molecule has 0 bridgehead atoms. The van der Waals surface area contributed by atoms with Crippen LogP contribution in [0.1, 0.15) is 33.6 Å². The van der Waals surface area contributed by atoms with Crippen LogP contribution in [0.3, 0.4) is 0 Å². The summed E-state index contributed by atoms with van der Waals surface area (Å²) in [5.74, 6) is 0. The van der Waals surface area contributed by atoms with Gasteiger partial charge in [0.25, 0.3) is 0 Å². The lowest BCUT2D eigenvalue weighted by atomic mass is 10.0. The molecule has 1 N–H and O–H groups in total. The fourth-order valence-corrected chi connectivity index (χ4v) is 3.40. The van der Waals surface area contributed by atoms with Gasteiger partial charge in [0.15, 0.2) is 8.32 Å². The summed E-state index contributed by atoms with van der Waals surface area (Å²) in [5, 5.41) is 10.2. The molecule has 0 aliphatic heterocycles. The topological polar surface area (TPSA) is 29.5 Å². The Morgan fingerprint density at radius 1 is 1.44 bits per heavy atom. The number of hydrogen-bond donors (Lipinski definition) is 1. The van der Waals surface area contributed by atoms with Gasteiger partial charge in [0.1, 0.15) is 6.10 Å². The van der Waals surface area contributed by atoms with Crippen molar-refractivity contribution in [2.75, 3.05) is 0 Å². The Kier molecular flexibility index (Phi) is 4.44. The molecule has 4 heteroatoms. The van der Waals surface area contributed by atoms with Crippen LogP contribution in [0.25, 0.3) is 0 Å². The maximum atomic E-state index is 10.0. The minimum atomic E-state index is -1.77. The summed E-state index contributed by atoms with van der Waals surface area (Å²) in [6.45, 7) is 11.1. The van der Waals surface area contributed by atoms with Crippen LogP contribution in [0.4, 0.5) is 0 Å². The van der Waals surface area contributed by atoms with E-state index in [2.05, 4.69) is 49.8 Å². The second kappa shape index (κ2) is 4.92. The molecule has 1 rings (SSSR count). The summed E-state index contributed by atoms with van der Waals surface area (Å²) in [6, 6.07) is 0. The molecule has 16 heavy (non-hydrogen) atoms. The predicted molar refractivity (Wildman–Crippen MR) is 74.3 cm³/mol. The first-order valence-electron chi connectivity index (χ1n) is 5.86. The Morgan fingerprint density at radius 3 is 2.50 bits per heavy atom. The smallest absolute Gasteiger partial charge is 0.192 e. The SMILES string of the molecule is CC(C)(C)[Si](C)(C)O[C@H]1CCC=C(Br)[C@H]1O. The fourth-order valence-electron chi connectivity index (χ4n) is 1.52. The van der Waals surface area contributed by atoms with Crippen molar-refractivity contribution in [3.63, 3.8) is 0 Å². The highest BCUT2D eigenvalue weighted by Gasteiger charge is 2.41. The van der Waals surface area contributed by atoms with E-state index in [0.717, 1.165) is 17.3 Å². The van der Waals surface area contributed by atoms with Crippen LogP contribution >= 0.6 is 15.9 Å². The van der Waals surface area contributed by atoms with Crippen LogP contribution in [0, 0.1) is 0 Å². The maximum Gasteiger partial charge on any atom is 0.192 e. The molecule has 0 unspecified atom stereocenters. The van der Waals surface area contributed by atoms with Gasteiger partial charge in [0.05, 0.1) is 6.10 Å². The summed E-state index contributed by atoms with van der Waals surface area (Å²) < 4.78 is 7.12. The molecule has 2 atom stereocenters. The second-order valence-electron chi connectivity index (χ2n) is 6.03. The summed E-state index contributed by atoms with van der Waals surface area (Å²) in [4.78, 5) is 0. The van der Waals surface area contributed by atoms with Crippen molar-refractivity contribution >= 4 is 24.2 Å². The largest absolute Gasteiger partial charge is 0.411 e.